The molecule has 0 aliphatic carbocycles. The standard InChI is InChI=1S/C7H6F3N.CH3NO2/c8-7(9,10)5-1-3-6(11)4-2-5;2-1(3)4/h1-4H,11H2;2H2,(H,3,4). The highest BCUT2D eigenvalue weighted by atomic mass is 19.4. The topological polar surface area (TPSA) is 89.3 Å². The highest BCUT2D eigenvalue weighted by molar-refractivity contribution is 5.61. The van der Waals surface area contributed by atoms with E-state index >= 15 is 0 Å². The SMILES string of the molecule is NC(=O)O.Nc1ccc(C(F)(F)F)cc1. The second kappa shape index (κ2) is 5.08. The lowest BCUT2D eigenvalue weighted by Gasteiger charge is -2.05. The Morgan fingerprint density at radius 2 is 1.53 bits per heavy atom. The molecule has 1 amide bonds. The summed E-state index contributed by atoms with van der Waals surface area (Å²) in [5, 5.41) is 7.19. The number of alkyl halides is 3. The van der Waals surface area contributed by atoms with Gasteiger partial charge in [-0.15, -0.1) is 0 Å². The summed E-state index contributed by atoms with van der Waals surface area (Å²) >= 11 is 0. The van der Waals surface area contributed by atoms with Gasteiger partial charge in [0.05, 0.1) is 5.56 Å². The van der Waals surface area contributed by atoms with Gasteiger partial charge in [0.15, 0.2) is 0 Å². The third-order valence-electron chi connectivity index (χ3n) is 1.24. The summed E-state index contributed by atoms with van der Waals surface area (Å²) in [7, 11) is 0. The van der Waals surface area contributed by atoms with E-state index in [0.717, 1.165) is 12.1 Å². The molecule has 0 unspecified atom stereocenters. The summed E-state index contributed by atoms with van der Waals surface area (Å²) < 4.78 is 35.6. The molecule has 0 radical (unpaired) electrons. The van der Waals surface area contributed by atoms with Gasteiger partial charge in [-0.3, -0.25) is 0 Å². The van der Waals surface area contributed by atoms with E-state index in [1.165, 1.54) is 12.1 Å². The largest absolute Gasteiger partial charge is 0.465 e. The van der Waals surface area contributed by atoms with Gasteiger partial charge >= 0.3 is 12.3 Å². The van der Waals surface area contributed by atoms with E-state index in [1.807, 2.05) is 0 Å². The van der Waals surface area contributed by atoms with Crippen LogP contribution >= 0.6 is 0 Å². The van der Waals surface area contributed by atoms with Crippen molar-refractivity contribution in [1.29, 1.82) is 0 Å². The van der Waals surface area contributed by atoms with Gasteiger partial charge in [0, 0.05) is 5.69 Å². The van der Waals surface area contributed by atoms with Gasteiger partial charge in [-0.1, -0.05) is 0 Å². The Morgan fingerprint density at radius 3 is 1.80 bits per heavy atom. The fraction of sp³-hybridized carbons (Fsp3) is 0.125. The highest BCUT2D eigenvalue weighted by Gasteiger charge is 2.29. The van der Waals surface area contributed by atoms with E-state index < -0.39 is 17.8 Å². The third kappa shape index (κ3) is 6.19. The van der Waals surface area contributed by atoms with Gasteiger partial charge in [0.1, 0.15) is 0 Å². The van der Waals surface area contributed by atoms with Crippen LogP contribution in [0, 0.1) is 0 Å². The zero-order valence-electron chi connectivity index (χ0n) is 7.45. The fourth-order valence-electron chi connectivity index (χ4n) is 0.672. The Bertz CT molecular complexity index is 318. The first kappa shape index (κ1) is 13.1. The lowest BCUT2D eigenvalue weighted by atomic mass is 10.2. The number of primary amides is 1. The summed E-state index contributed by atoms with van der Waals surface area (Å²) in [5.41, 5.74) is 8.89. The Kier molecular flexibility index (Phi) is 4.43. The first-order valence-corrected chi connectivity index (χ1v) is 3.64. The maximum absolute atomic E-state index is 11.9. The van der Waals surface area contributed by atoms with Crippen molar-refractivity contribution in [2.24, 2.45) is 5.73 Å². The maximum Gasteiger partial charge on any atom is 0.416 e. The smallest absolute Gasteiger partial charge is 0.416 e. The number of nitrogens with two attached hydrogens (primary N) is 2. The number of benzene rings is 1. The molecule has 5 N–H and O–H groups in total. The molecule has 0 saturated carbocycles. The van der Waals surface area contributed by atoms with Gasteiger partial charge in [0.2, 0.25) is 0 Å². The molecule has 0 aliphatic rings. The van der Waals surface area contributed by atoms with Crippen molar-refractivity contribution in [2.75, 3.05) is 5.73 Å². The molecule has 4 nitrogen and oxygen atoms in total. The molecule has 0 saturated heterocycles. The lowest BCUT2D eigenvalue weighted by Crippen LogP contribution is -2.04. The minimum atomic E-state index is -4.27. The summed E-state index contributed by atoms with van der Waals surface area (Å²) in [4.78, 5) is 8.78. The Balaban J connectivity index is 0.000000423. The summed E-state index contributed by atoms with van der Waals surface area (Å²) in [6, 6.07) is 4.36. The monoisotopic (exact) mass is 222 g/mol. The van der Waals surface area contributed by atoms with Gasteiger partial charge in [0.25, 0.3) is 0 Å². The molecule has 1 aromatic rings. The van der Waals surface area contributed by atoms with Crippen molar-refractivity contribution in [3.8, 4) is 0 Å². The molecule has 7 heteroatoms. The third-order valence-corrected chi connectivity index (χ3v) is 1.24. The number of amides is 1. The molecular weight excluding hydrogens is 213 g/mol. The molecule has 0 atom stereocenters. The average molecular weight is 222 g/mol. The van der Waals surface area contributed by atoms with Gasteiger partial charge < -0.3 is 16.6 Å². The number of carbonyl (C=O) groups is 1. The van der Waals surface area contributed by atoms with Crippen LogP contribution in [0.1, 0.15) is 5.56 Å². The Morgan fingerprint density at radius 1 is 1.20 bits per heavy atom. The van der Waals surface area contributed by atoms with Crippen molar-refractivity contribution in [3.05, 3.63) is 29.8 Å². The molecular formula is C8H9F3N2O2. The maximum atomic E-state index is 11.9. The van der Waals surface area contributed by atoms with Crippen LogP contribution in [-0.4, -0.2) is 11.2 Å². The number of carboxylic acid groups (broad SMARTS) is 1. The average Bonchev–Trinajstić information content (AvgIpc) is 2.01. The summed E-state index contributed by atoms with van der Waals surface area (Å²) in [6.07, 6.45) is -5.60. The van der Waals surface area contributed by atoms with Crippen LogP contribution in [0.4, 0.5) is 23.7 Å². The molecule has 84 valence electrons. The predicted molar refractivity (Wildman–Crippen MR) is 48.1 cm³/mol. The molecule has 1 rings (SSSR count). The van der Waals surface area contributed by atoms with Crippen LogP contribution in [0.3, 0.4) is 0 Å². The van der Waals surface area contributed by atoms with Crippen LogP contribution in [0.5, 0.6) is 0 Å². The molecule has 0 aromatic heterocycles. The number of rotatable bonds is 0. The molecule has 0 spiro atoms. The minimum Gasteiger partial charge on any atom is -0.465 e. The lowest BCUT2D eigenvalue weighted by molar-refractivity contribution is -0.137. The van der Waals surface area contributed by atoms with E-state index in [9.17, 15) is 13.2 Å². The van der Waals surface area contributed by atoms with Crippen molar-refractivity contribution >= 4 is 11.8 Å². The number of hydrogen-bond donors (Lipinski definition) is 3. The van der Waals surface area contributed by atoms with Gasteiger partial charge in [-0.05, 0) is 24.3 Å². The van der Waals surface area contributed by atoms with Gasteiger partial charge in [-0.2, -0.15) is 13.2 Å². The fourth-order valence-corrected chi connectivity index (χ4v) is 0.672. The van der Waals surface area contributed by atoms with E-state index in [-0.39, 0.29) is 0 Å². The predicted octanol–water partition coefficient (Wildman–Crippen LogP) is 1.91. The van der Waals surface area contributed by atoms with Crippen molar-refractivity contribution in [3.63, 3.8) is 0 Å². The molecule has 1 aromatic carbocycles. The first-order valence-electron chi connectivity index (χ1n) is 3.64. The van der Waals surface area contributed by atoms with Gasteiger partial charge in [-0.25, -0.2) is 4.79 Å². The molecule has 0 bridgehead atoms. The number of halogens is 3. The second-order valence-electron chi connectivity index (χ2n) is 2.46. The molecule has 0 aliphatic heterocycles. The van der Waals surface area contributed by atoms with Crippen molar-refractivity contribution in [2.45, 2.75) is 6.18 Å². The molecule has 0 fully saturated rings. The second-order valence-corrected chi connectivity index (χ2v) is 2.46. The van der Waals surface area contributed by atoms with Crippen LogP contribution in [0.2, 0.25) is 0 Å². The van der Waals surface area contributed by atoms with E-state index in [4.69, 9.17) is 15.6 Å². The molecule has 15 heavy (non-hydrogen) atoms. The number of anilines is 1. The van der Waals surface area contributed by atoms with E-state index in [2.05, 4.69) is 5.73 Å². The van der Waals surface area contributed by atoms with Crippen LogP contribution in [-0.2, 0) is 6.18 Å². The van der Waals surface area contributed by atoms with Crippen molar-refractivity contribution < 1.29 is 23.1 Å². The van der Waals surface area contributed by atoms with Crippen LogP contribution in [0.25, 0.3) is 0 Å². The quantitative estimate of drug-likeness (QED) is 0.585. The minimum absolute atomic E-state index is 0.331. The van der Waals surface area contributed by atoms with E-state index in [1.54, 1.807) is 0 Å². The Labute approximate surface area is 83.3 Å². The van der Waals surface area contributed by atoms with Crippen LogP contribution < -0.4 is 11.5 Å². The highest BCUT2D eigenvalue weighted by Crippen LogP contribution is 2.29. The van der Waals surface area contributed by atoms with E-state index in [0.29, 0.717) is 5.69 Å². The normalized spacial score (nSPS) is 10.1. The zero-order chi connectivity index (χ0) is 12.1. The number of hydrogen-bond acceptors (Lipinski definition) is 2. The van der Waals surface area contributed by atoms with Crippen LogP contribution in [0.15, 0.2) is 24.3 Å². The summed E-state index contributed by atoms with van der Waals surface area (Å²) in [6.45, 7) is 0. The molecule has 0 heterocycles. The summed E-state index contributed by atoms with van der Waals surface area (Å²) in [5.74, 6) is 0. The first-order chi connectivity index (χ1) is 6.73. The zero-order valence-corrected chi connectivity index (χ0v) is 7.45. The Hall–Kier alpha value is -1.92. The number of nitrogen functional groups attached to an aromatic ring is 1. The van der Waals surface area contributed by atoms with Crippen molar-refractivity contribution in [1.82, 2.24) is 0 Å².